The Morgan fingerprint density at radius 1 is 1.45 bits per heavy atom. The van der Waals surface area contributed by atoms with Crippen molar-refractivity contribution in [2.24, 2.45) is 0 Å². The molecular weight excluding hydrogens is 254 g/mol. The zero-order valence-electron chi connectivity index (χ0n) is 12.2. The van der Waals surface area contributed by atoms with Gasteiger partial charge in [-0.1, -0.05) is 25.1 Å². The van der Waals surface area contributed by atoms with Crippen molar-refractivity contribution in [1.29, 1.82) is 0 Å². The second-order valence-corrected chi connectivity index (χ2v) is 4.71. The molecule has 0 heterocycles. The molecule has 0 amide bonds. The van der Waals surface area contributed by atoms with E-state index in [-0.39, 0.29) is 12.6 Å². The number of hydrogen-bond acceptors (Lipinski definition) is 3. The Hall–Kier alpha value is -1.81. The minimum absolute atomic E-state index is 0.00126. The van der Waals surface area contributed by atoms with Crippen molar-refractivity contribution >= 4 is 5.97 Å². The van der Waals surface area contributed by atoms with Gasteiger partial charge in [-0.15, -0.1) is 6.58 Å². The molecule has 0 radical (unpaired) electrons. The molecule has 0 spiro atoms. The molecule has 0 bridgehead atoms. The van der Waals surface area contributed by atoms with Crippen LogP contribution in [-0.2, 0) is 4.79 Å². The molecule has 1 aromatic rings. The maximum atomic E-state index is 10.9. The van der Waals surface area contributed by atoms with Gasteiger partial charge in [-0.05, 0) is 31.0 Å². The van der Waals surface area contributed by atoms with Gasteiger partial charge in [-0.3, -0.25) is 9.69 Å². The lowest BCUT2D eigenvalue weighted by Crippen LogP contribution is -2.32. The Balaban J connectivity index is 2.75. The zero-order valence-corrected chi connectivity index (χ0v) is 12.2. The molecule has 0 fully saturated rings. The fraction of sp³-hybridized carbons (Fsp3) is 0.438. The van der Waals surface area contributed by atoms with Gasteiger partial charge >= 0.3 is 5.97 Å². The molecule has 0 aliphatic carbocycles. The number of aliphatic carboxylic acids is 1. The highest BCUT2D eigenvalue weighted by Gasteiger charge is 2.17. The lowest BCUT2D eigenvalue weighted by atomic mass is 10.1. The average Bonchev–Trinajstić information content (AvgIpc) is 2.44. The molecular formula is C16H23NO3. The SMILES string of the molecule is C=CCN(CC(=O)O)C(C)c1ccc(OCCC)cc1. The third kappa shape index (κ3) is 5.05. The summed E-state index contributed by atoms with van der Waals surface area (Å²) in [5.41, 5.74) is 1.07. The van der Waals surface area contributed by atoms with Crippen molar-refractivity contribution in [1.82, 2.24) is 4.90 Å². The van der Waals surface area contributed by atoms with Gasteiger partial charge in [-0.2, -0.15) is 0 Å². The van der Waals surface area contributed by atoms with E-state index in [1.807, 2.05) is 36.1 Å². The molecule has 110 valence electrons. The highest BCUT2D eigenvalue weighted by atomic mass is 16.5. The van der Waals surface area contributed by atoms with Crippen molar-refractivity contribution in [2.75, 3.05) is 19.7 Å². The minimum Gasteiger partial charge on any atom is -0.494 e. The third-order valence-corrected chi connectivity index (χ3v) is 3.09. The van der Waals surface area contributed by atoms with Gasteiger partial charge in [0, 0.05) is 12.6 Å². The first kappa shape index (κ1) is 16.2. The van der Waals surface area contributed by atoms with E-state index in [2.05, 4.69) is 13.5 Å². The normalized spacial score (nSPS) is 12.2. The standard InChI is InChI=1S/C16H23NO3/c1-4-10-17(12-16(18)19)13(3)14-6-8-15(9-7-14)20-11-5-2/h4,6-9,13H,1,5,10-12H2,2-3H3,(H,18,19). The Labute approximate surface area is 120 Å². The lowest BCUT2D eigenvalue weighted by Gasteiger charge is -2.26. The van der Waals surface area contributed by atoms with Crippen LogP contribution < -0.4 is 4.74 Å². The number of ether oxygens (including phenoxy) is 1. The van der Waals surface area contributed by atoms with Crippen LogP contribution in [0.3, 0.4) is 0 Å². The fourth-order valence-corrected chi connectivity index (χ4v) is 1.97. The molecule has 1 atom stereocenters. The van der Waals surface area contributed by atoms with Crippen LogP contribution in [0.1, 0.15) is 31.9 Å². The second-order valence-electron chi connectivity index (χ2n) is 4.71. The monoisotopic (exact) mass is 277 g/mol. The number of carboxylic acids is 1. The van der Waals surface area contributed by atoms with Crippen LogP contribution >= 0.6 is 0 Å². The summed E-state index contributed by atoms with van der Waals surface area (Å²) in [6.07, 6.45) is 2.70. The third-order valence-electron chi connectivity index (χ3n) is 3.09. The fourth-order valence-electron chi connectivity index (χ4n) is 1.97. The number of carboxylic acid groups (broad SMARTS) is 1. The summed E-state index contributed by atoms with van der Waals surface area (Å²) in [5.74, 6) is 0.0119. The quantitative estimate of drug-likeness (QED) is 0.705. The summed E-state index contributed by atoms with van der Waals surface area (Å²) in [5, 5.41) is 8.95. The van der Waals surface area contributed by atoms with E-state index < -0.39 is 5.97 Å². The van der Waals surface area contributed by atoms with E-state index in [0.717, 1.165) is 17.7 Å². The Bertz CT molecular complexity index is 428. The molecule has 0 aliphatic rings. The lowest BCUT2D eigenvalue weighted by molar-refractivity contribution is -0.138. The van der Waals surface area contributed by atoms with Gasteiger partial charge in [0.15, 0.2) is 0 Å². The predicted octanol–water partition coefficient (Wildman–Crippen LogP) is 3.11. The van der Waals surface area contributed by atoms with Crippen LogP contribution in [0.4, 0.5) is 0 Å². The molecule has 0 aromatic heterocycles. The molecule has 1 aromatic carbocycles. The molecule has 1 rings (SSSR count). The number of hydrogen-bond donors (Lipinski definition) is 1. The molecule has 0 saturated carbocycles. The number of carbonyl (C=O) groups is 1. The van der Waals surface area contributed by atoms with Crippen LogP contribution in [0.2, 0.25) is 0 Å². The minimum atomic E-state index is -0.832. The molecule has 0 saturated heterocycles. The van der Waals surface area contributed by atoms with E-state index in [1.54, 1.807) is 6.08 Å². The first-order valence-electron chi connectivity index (χ1n) is 6.88. The van der Waals surface area contributed by atoms with Crippen LogP contribution in [0.25, 0.3) is 0 Å². The number of nitrogens with zero attached hydrogens (tertiary/aromatic N) is 1. The highest BCUT2D eigenvalue weighted by Crippen LogP contribution is 2.22. The number of rotatable bonds is 9. The Morgan fingerprint density at radius 2 is 2.10 bits per heavy atom. The van der Waals surface area contributed by atoms with E-state index in [9.17, 15) is 4.79 Å². The topological polar surface area (TPSA) is 49.8 Å². The van der Waals surface area contributed by atoms with Gasteiger partial charge in [0.25, 0.3) is 0 Å². The largest absolute Gasteiger partial charge is 0.494 e. The summed E-state index contributed by atoms with van der Waals surface area (Å²) in [7, 11) is 0. The van der Waals surface area contributed by atoms with E-state index in [1.165, 1.54) is 0 Å². The van der Waals surface area contributed by atoms with Crippen LogP contribution in [0.5, 0.6) is 5.75 Å². The molecule has 4 nitrogen and oxygen atoms in total. The van der Waals surface area contributed by atoms with Gasteiger partial charge in [0.2, 0.25) is 0 Å². The van der Waals surface area contributed by atoms with Gasteiger partial charge < -0.3 is 9.84 Å². The van der Waals surface area contributed by atoms with Gasteiger partial charge in [-0.25, -0.2) is 0 Å². The predicted molar refractivity (Wildman–Crippen MR) is 80.0 cm³/mol. The van der Waals surface area contributed by atoms with Crippen LogP contribution in [0, 0.1) is 0 Å². The summed E-state index contributed by atoms with van der Waals surface area (Å²) >= 11 is 0. The van der Waals surface area contributed by atoms with E-state index in [4.69, 9.17) is 9.84 Å². The first-order chi connectivity index (χ1) is 9.58. The highest BCUT2D eigenvalue weighted by molar-refractivity contribution is 5.69. The zero-order chi connectivity index (χ0) is 15.0. The second kappa shape index (κ2) is 8.38. The maximum Gasteiger partial charge on any atom is 0.317 e. The van der Waals surface area contributed by atoms with Gasteiger partial charge in [0.1, 0.15) is 5.75 Å². The summed E-state index contributed by atoms with van der Waals surface area (Å²) < 4.78 is 5.54. The summed E-state index contributed by atoms with van der Waals surface area (Å²) in [6.45, 7) is 8.99. The summed E-state index contributed by atoms with van der Waals surface area (Å²) in [6, 6.07) is 7.83. The first-order valence-corrected chi connectivity index (χ1v) is 6.88. The molecule has 1 unspecified atom stereocenters. The molecule has 1 N–H and O–H groups in total. The van der Waals surface area contributed by atoms with Crippen LogP contribution in [0.15, 0.2) is 36.9 Å². The van der Waals surface area contributed by atoms with Gasteiger partial charge in [0.05, 0.1) is 13.2 Å². The maximum absolute atomic E-state index is 10.9. The van der Waals surface area contributed by atoms with Crippen molar-refractivity contribution in [3.63, 3.8) is 0 Å². The van der Waals surface area contributed by atoms with Crippen molar-refractivity contribution < 1.29 is 14.6 Å². The van der Waals surface area contributed by atoms with Crippen molar-refractivity contribution in [2.45, 2.75) is 26.3 Å². The number of benzene rings is 1. The Kier molecular flexibility index (Phi) is 6.81. The molecule has 0 aliphatic heterocycles. The summed E-state index contributed by atoms with van der Waals surface area (Å²) in [4.78, 5) is 12.8. The van der Waals surface area contributed by atoms with E-state index in [0.29, 0.717) is 13.2 Å². The van der Waals surface area contributed by atoms with Crippen LogP contribution in [-0.4, -0.2) is 35.7 Å². The van der Waals surface area contributed by atoms with Crippen molar-refractivity contribution in [3.8, 4) is 5.75 Å². The smallest absolute Gasteiger partial charge is 0.317 e. The molecule has 4 heteroatoms. The average molecular weight is 277 g/mol. The van der Waals surface area contributed by atoms with E-state index >= 15 is 0 Å². The molecule has 20 heavy (non-hydrogen) atoms. The Morgan fingerprint density at radius 3 is 2.60 bits per heavy atom. The van der Waals surface area contributed by atoms with Crippen molar-refractivity contribution in [3.05, 3.63) is 42.5 Å².